The van der Waals surface area contributed by atoms with E-state index in [4.69, 9.17) is 37.5 Å². The molecule has 0 amide bonds. The van der Waals surface area contributed by atoms with Gasteiger partial charge in [-0.3, -0.25) is 4.98 Å². The average molecular weight is 394 g/mol. The van der Waals surface area contributed by atoms with Gasteiger partial charge in [-0.25, -0.2) is 4.79 Å². The number of hydrogen-bond donors (Lipinski definition) is 1. The van der Waals surface area contributed by atoms with E-state index >= 15 is 0 Å². The molecule has 0 aliphatic heterocycles. The Bertz CT molecular complexity index is 1000. The van der Waals surface area contributed by atoms with E-state index in [2.05, 4.69) is 10.1 Å². The molecule has 1 aromatic heterocycles. The van der Waals surface area contributed by atoms with Crippen LogP contribution in [0.3, 0.4) is 0 Å². The van der Waals surface area contributed by atoms with Crippen molar-refractivity contribution in [3.63, 3.8) is 0 Å². The van der Waals surface area contributed by atoms with Crippen molar-refractivity contribution in [1.29, 1.82) is 0 Å². The minimum absolute atomic E-state index is 0.250. The molecule has 0 unspecified atom stereocenters. The number of aromatic amines is 1. The normalized spacial score (nSPS) is 9.85. The van der Waals surface area contributed by atoms with Gasteiger partial charge in [0, 0.05) is 5.56 Å². The second-order valence-electron chi connectivity index (χ2n) is 5.03. The highest BCUT2D eigenvalue weighted by Crippen LogP contribution is 2.28. The number of benzene rings is 2. The van der Waals surface area contributed by atoms with Crippen LogP contribution in [0.25, 0.3) is 17.1 Å². The summed E-state index contributed by atoms with van der Waals surface area (Å²) in [6.07, 6.45) is 0.250. The summed E-state index contributed by atoms with van der Waals surface area (Å²) in [4.78, 5) is 31.2. The molecule has 0 atom stereocenters. The van der Waals surface area contributed by atoms with Gasteiger partial charge in [0.15, 0.2) is 5.82 Å². The first-order valence-electron chi connectivity index (χ1n) is 7.21. The molecule has 0 aliphatic rings. The predicted octanol–water partition coefficient (Wildman–Crippen LogP) is 3.27. The zero-order chi connectivity index (χ0) is 19.3. The van der Waals surface area contributed by atoms with Crippen molar-refractivity contribution in [2.75, 3.05) is 7.11 Å². The Kier molecular flexibility index (Phi) is 6.36. The molecule has 7 nitrogen and oxygen atoms in total. The summed E-state index contributed by atoms with van der Waals surface area (Å²) < 4.78 is 6.46. The van der Waals surface area contributed by atoms with E-state index in [1.165, 1.54) is 0 Å². The van der Waals surface area contributed by atoms with Crippen LogP contribution in [0.1, 0.15) is 5.56 Å². The maximum Gasteiger partial charge on any atom is 0.373 e. The van der Waals surface area contributed by atoms with Crippen LogP contribution < -0.4 is 10.4 Å². The molecule has 9 heteroatoms. The zero-order valence-corrected chi connectivity index (χ0v) is 15.3. The van der Waals surface area contributed by atoms with Gasteiger partial charge in [0.2, 0.25) is 0 Å². The number of H-pyrrole nitrogens is 1. The van der Waals surface area contributed by atoms with Crippen LogP contribution in [0, 0.1) is 6.92 Å². The Morgan fingerprint density at radius 3 is 2.35 bits per heavy atom. The van der Waals surface area contributed by atoms with E-state index in [0.717, 1.165) is 15.8 Å². The minimum Gasteiger partial charge on any atom is -0.496 e. The first-order chi connectivity index (χ1) is 12.4. The van der Waals surface area contributed by atoms with Gasteiger partial charge in [-0.05, 0) is 30.7 Å². The summed E-state index contributed by atoms with van der Waals surface area (Å²) >= 11 is 12.3. The standard InChI is InChI=1S/C16H13Cl2N3O2.CO2/c1-9-6-7-10(8-13(9)23-2)15-19-16(22)21(20-15)14-11(17)4-3-5-12(14)18;2-1-3/h3-8H,1-2H3,(H,19,20,22);. The van der Waals surface area contributed by atoms with E-state index < -0.39 is 5.69 Å². The summed E-state index contributed by atoms with van der Waals surface area (Å²) in [6.45, 7) is 1.94. The lowest BCUT2D eigenvalue weighted by molar-refractivity contribution is -0.191. The fourth-order valence-corrected chi connectivity index (χ4v) is 2.82. The summed E-state index contributed by atoms with van der Waals surface area (Å²) in [5.41, 5.74) is 1.65. The average Bonchev–Trinajstić information content (AvgIpc) is 2.97. The monoisotopic (exact) mass is 393 g/mol. The number of aromatic nitrogens is 3. The third-order valence-corrected chi connectivity index (χ3v) is 4.06. The van der Waals surface area contributed by atoms with Gasteiger partial charge >= 0.3 is 11.8 Å². The van der Waals surface area contributed by atoms with Crippen LogP contribution in [0.4, 0.5) is 0 Å². The lowest BCUT2D eigenvalue weighted by Crippen LogP contribution is -2.16. The molecule has 0 aliphatic carbocycles. The maximum absolute atomic E-state index is 12.2. The van der Waals surface area contributed by atoms with Gasteiger partial charge in [-0.15, -0.1) is 5.10 Å². The minimum atomic E-state index is -0.422. The lowest BCUT2D eigenvalue weighted by atomic mass is 10.1. The predicted molar refractivity (Wildman–Crippen MR) is 95.9 cm³/mol. The molecule has 0 spiro atoms. The molecular weight excluding hydrogens is 381 g/mol. The SMILES string of the molecule is COc1cc(-c2nn(-c3c(Cl)cccc3Cl)c(=O)[nH]2)ccc1C.O=C=O. The first kappa shape index (κ1) is 19.5. The van der Waals surface area contributed by atoms with Crippen molar-refractivity contribution >= 4 is 29.4 Å². The van der Waals surface area contributed by atoms with Crippen molar-refractivity contribution in [1.82, 2.24) is 14.8 Å². The van der Waals surface area contributed by atoms with Crippen molar-refractivity contribution in [3.8, 4) is 22.8 Å². The van der Waals surface area contributed by atoms with Gasteiger partial charge in [-0.1, -0.05) is 41.4 Å². The highest BCUT2D eigenvalue weighted by atomic mass is 35.5. The molecular formula is C17H13Cl2N3O4. The Morgan fingerprint density at radius 1 is 1.15 bits per heavy atom. The van der Waals surface area contributed by atoms with E-state index in [-0.39, 0.29) is 6.15 Å². The number of methoxy groups -OCH3 is 1. The molecule has 0 bridgehead atoms. The van der Waals surface area contributed by atoms with E-state index in [9.17, 15) is 4.79 Å². The molecule has 26 heavy (non-hydrogen) atoms. The maximum atomic E-state index is 12.2. The lowest BCUT2D eigenvalue weighted by Gasteiger charge is -2.06. The Labute approximate surface area is 158 Å². The number of carbonyl (C=O) groups excluding carboxylic acids is 2. The number of nitrogens with zero attached hydrogens (tertiary/aromatic N) is 2. The number of aryl methyl sites for hydroxylation is 1. The van der Waals surface area contributed by atoms with Crippen molar-refractivity contribution in [2.24, 2.45) is 0 Å². The topological polar surface area (TPSA) is 94.1 Å². The Hall–Kier alpha value is -2.86. The van der Waals surface area contributed by atoms with Crippen LogP contribution in [-0.2, 0) is 9.59 Å². The fourth-order valence-electron chi connectivity index (χ4n) is 2.26. The van der Waals surface area contributed by atoms with Gasteiger partial charge in [-0.2, -0.15) is 14.3 Å². The molecule has 1 heterocycles. The quantitative estimate of drug-likeness (QED) is 0.736. The van der Waals surface area contributed by atoms with E-state index in [1.807, 2.05) is 25.1 Å². The number of halogens is 2. The summed E-state index contributed by atoms with van der Waals surface area (Å²) in [6, 6.07) is 10.6. The number of ether oxygens (including phenoxy) is 1. The highest BCUT2D eigenvalue weighted by Gasteiger charge is 2.15. The number of rotatable bonds is 3. The van der Waals surface area contributed by atoms with Crippen LogP contribution in [-0.4, -0.2) is 28.0 Å². The number of nitrogens with one attached hydrogen (secondary N) is 1. The Balaban J connectivity index is 0.000000758. The molecule has 2 aromatic carbocycles. The summed E-state index contributed by atoms with van der Waals surface area (Å²) in [5, 5.41) is 4.99. The number of para-hydroxylation sites is 1. The largest absolute Gasteiger partial charge is 0.496 e. The van der Waals surface area contributed by atoms with Crippen LogP contribution >= 0.6 is 23.2 Å². The smallest absolute Gasteiger partial charge is 0.373 e. The molecule has 0 fully saturated rings. The van der Waals surface area contributed by atoms with Gasteiger partial charge in [0.1, 0.15) is 11.4 Å². The second-order valence-corrected chi connectivity index (χ2v) is 5.84. The van der Waals surface area contributed by atoms with Crippen molar-refractivity contribution in [3.05, 3.63) is 62.5 Å². The molecule has 3 rings (SSSR count). The fraction of sp³-hybridized carbons (Fsp3) is 0.118. The molecule has 1 N–H and O–H groups in total. The molecule has 0 saturated heterocycles. The second kappa shape index (κ2) is 8.49. The number of hydrogen-bond acceptors (Lipinski definition) is 5. The zero-order valence-electron chi connectivity index (χ0n) is 13.7. The summed E-state index contributed by atoms with van der Waals surface area (Å²) in [5.74, 6) is 1.12. The Morgan fingerprint density at radius 2 is 1.77 bits per heavy atom. The van der Waals surface area contributed by atoms with Crippen molar-refractivity contribution < 1.29 is 14.3 Å². The summed E-state index contributed by atoms with van der Waals surface area (Å²) in [7, 11) is 1.59. The first-order valence-corrected chi connectivity index (χ1v) is 7.96. The van der Waals surface area contributed by atoms with Gasteiger partial charge in [0.25, 0.3) is 0 Å². The molecule has 0 radical (unpaired) electrons. The van der Waals surface area contributed by atoms with Crippen LogP contribution in [0.5, 0.6) is 5.75 Å². The third kappa shape index (κ3) is 4.03. The molecule has 134 valence electrons. The third-order valence-electron chi connectivity index (χ3n) is 3.45. The van der Waals surface area contributed by atoms with E-state index in [1.54, 1.807) is 25.3 Å². The highest BCUT2D eigenvalue weighted by molar-refractivity contribution is 6.37. The van der Waals surface area contributed by atoms with Gasteiger partial charge < -0.3 is 4.74 Å². The van der Waals surface area contributed by atoms with Crippen LogP contribution in [0.15, 0.2) is 41.2 Å². The van der Waals surface area contributed by atoms with Crippen LogP contribution in [0.2, 0.25) is 10.0 Å². The van der Waals surface area contributed by atoms with Crippen molar-refractivity contribution in [2.45, 2.75) is 6.92 Å². The van der Waals surface area contributed by atoms with E-state index in [0.29, 0.717) is 27.3 Å². The molecule has 3 aromatic rings. The van der Waals surface area contributed by atoms with Gasteiger partial charge in [0.05, 0.1) is 17.2 Å². The molecule has 0 saturated carbocycles.